The third kappa shape index (κ3) is 2.36. The molecule has 0 saturated carbocycles. The fourth-order valence-corrected chi connectivity index (χ4v) is 1.90. The molecule has 0 amide bonds. The molecular weight excluding hydrogens is 204 g/mol. The van der Waals surface area contributed by atoms with Crippen LogP contribution in [0.4, 0.5) is 0 Å². The summed E-state index contributed by atoms with van der Waals surface area (Å²) in [5.74, 6) is 0.835. The molecular formula is C13H18O3. The highest BCUT2D eigenvalue weighted by Crippen LogP contribution is 2.31. The zero-order valence-electron chi connectivity index (χ0n) is 9.77. The molecule has 0 radical (unpaired) electrons. The topological polar surface area (TPSA) is 38.7 Å². The number of ether oxygens (including phenoxy) is 2. The van der Waals surface area contributed by atoms with E-state index < -0.39 is 5.60 Å². The van der Waals surface area contributed by atoms with Gasteiger partial charge in [0.1, 0.15) is 11.4 Å². The first-order chi connectivity index (χ1) is 7.60. The molecule has 3 heteroatoms. The third-order valence-corrected chi connectivity index (χ3v) is 2.76. The van der Waals surface area contributed by atoms with Crippen LogP contribution in [0.1, 0.15) is 25.8 Å². The van der Waals surface area contributed by atoms with Gasteiger partial charge < -0.3 is 14.6 Å². The van der Waals surface area contributed by atoms with E-state index in [0.29, 0.717) is 19.6 Å². The Morgan fingerprint density at radius 2 is 2.00 bits per heavy atom. The summed E-state index contributed by atoms with van der Waals surface area (Å²) in [7, 11) is 0. The number of aliphatic hydroxyl groups is 1. The molecule has 1 aliphatic rings. The number of rotatable bonds is 3. The highest BCUT2D eigenvalue weighted by atomic mass is 16.5. The van der Waals surface area contributed by atoms with E-state index in [-0.39, 0.29) is 6.10 Å². The van der Waals surface area contributed by atoms with E-state index >= 15 is 0 Å². The van der Waals surface area contributed by atoms with Gasteiger partial charge in [-0.05, 0) is 31.5 Å². The van der Waals surface area contributed by atoms with Crippen LogP contribution < -0.4 is 4.74 Å². The Bertz CT molecular complexity index is 337. The largest absolute Gasteiger partial charge is 0.491 e. The quantitative estimate of drug-likeness (QED) is 0.851. The van der Waals surface area contributed by atoms with Gasteiger partial charge >= 0.3 is 0 Å². The van der Waals surface area contributed by atoms with Crippen molar-refractivity contribution < 1.29 is 14.6 Å². The van der Waals surface area contributed by atoms with E-state index in [2.05, 4.69) is 0 Å². The minimum atomic E-state index is -0.809. The molecule has 3 nitrogen and oxygen atoms in total. The maximum Gasteiger partial charge on any atom is 0.119 e. The van der Waals surface area contributed by atoms with Crippen LogP contribution in [0.15, 0.2) is 24.3 Å². The van der Waals surface area contributed by atoms with Crippen LogP contribution in [-0.4, -0.2) is 24.4 Å². The van der Waals surface area contributed by atoms with Crippen molar-refractivity contribution in [2.75, 3.05) is 13.2 Å². The predicted molar refractivity (Wildman–Crippen MR) is 61.5 cm³/mol. The number of hydrogen-bond acceptors (Lipinski definition) is 3. The summed E-state index contributed by atoms with van der Waals surface area (Å²) in [6, 6.07) is 7.61. The maximum atomic E-state index is 10.3. The van der Waals surface area contributed by atoms with Crippen LogP contribution in [-0.2, 0) is 10.3 Å². The van der Waals surface area contributed by atoms with Gasteiger partial charge in [-0.2, -0.15) is 0 Å². The standard InChI is InChI=1S/C13H18O3/c1-10(2)16-12-5-3-11(4-6-12)13(14)7-8-15-9-13/h3-6,10,14H,7-9H2,1-2H3. The van der Waals surface area contributed by atoms with E-state index in [1.54, 1.807) is 0 Å². The molecule has 1 heterocycles. The molecule has 1 fully saturated rings. The lowest BCUT2D eigenvalue weighted by Crippen LogP contribution is -2.25. The lowest BCUT2D eigenvalue weighted by Gasteiger charge is -2.21. The lowest BCUT2D eigenvalue weighted by atomic mass is 9.93. The Morgan fingerprint density at radius 3 is 2.50 bits per heavy atom. The molecule has 2 rings (SSSR count). The molecule has 1 atom stereocenters. The van der Waals surface area contributed by atoms with Gasteiger partial charge in [0.25, 0.3) is 0 Å². The Balaban J connectivity index is 2.12. The summed E-state index contributed by atoms with van der Waals surface area (Å²) >= 11 is 0. The van der Waals surface area contributed by atoms with Gasteiger partial charge in [-0.3, -0.25) is 0 Å². The average Bonchev–Trinajstić information content (AvgIpc) is 2.66. The fraction of sp³-hybridized carbons (Fsp3) is 0.538. The highest BCUT2D eigenvalue weighted by molar-refractivity contribution is 5.31. The van der Waals surface area contributed by atoms with E-state index in [4.69, 9.17) is 9.47 Å². The van der Waals surface area contributed by atoms with E-state index in [0.717, 1.165) is 11.3 Å². The molecule has 1 aromatic rings. The van der Waals surface area contributed by atoms with E-state index in [9.17, 15) is 5.11 Å². The summed E-state index contributed by atoms with van der Waals surface area (Å²) in [6.07, 6.45) is 0.834. The molecule has 0 aliphatic carbocycles. The van der Waals surface area contributed by atoms with Gasteiger partial charge in [-0.15, -0.1) is 0 Å². The van der Waals surface area contributed by atoms with Crippen LogP contribution in [0.2, 0.25) is 0 Å². The third-order valence-electron chi connectivity index (χ3n) is 2.76. The van der Waals surface area contributed by atoms with Gasteiger partial charge in [0.15, 0.2) is 0 Å². The molecule has 1 unspecified atom stereocenters. The van der Waals surface area contributed by atoms with Crippen molar-refractivity contribution >= 4 is 0 Å². The molecule has 16 heavy (non-hydrogen) atoms. The Hall–Kier alpha value is -1.06. The molecule has 0 spiro atoms. The average molecular weight is 222 g/mol. The minimum absolute atomic E-state index is 0.170. The molecule has 0 aromatic heterocycles. The molecule has 1 N–H and O–H groups in total. The first-order valence-electron chi connectivity index (χ1n) is 5.67. The molecule has 1 saturated heterocycles. The minimum Gasteiger partial charge on any atom is -0.491 e. The summed E-state index contributed by atoms with van der Waals surface area (Å²) < 4.78 is 10.8. The second-order valence-corrected chi connectivity index (χ2v) is 4.53. The first kappa shape index (κ1) is 11.4. The van der Waals surface area contributed by atoms with Crippen molar-refractivity contribution in [3.05, 3.63) is 29.8 Å². The first-order valence-corrected chi connectivity index (χ1v) is 5.67. The Labute approximate surface area is 96.0 Å². The van der Waals surface area contributed by atoms with Crippen molar-refractivity contribution in [2.24, 2.45) is 0 Å². The monoisotopic (exact) mass is 222 g/mol. The normalized spacial score (nSPS) is 25.0. The van der Waals surface area contributed by atoms with Crippen LogP contribution >= 0.6 is 0 Å². The second kappa shape index (κ2) is 4.44. The van der Waals surface area contributed by atoms with Crippen molar-refractivity contribution in [2.45, 2.75) is 32.0 Å². The maximum absolute atomic E-state index is 10.3. The zero-order valence-corrected chi connectivity index (χ0v) is 9.77. The van der Waals surface area contributed by atoms with Crippen molar-refractivity contribution in [3.63, 3.8) is 0 Å². The summed E-state index contributed by atoms with van der Waals surface area (Å²) in [5.41, 5.74) is 0.0946. The number of hydrogen-bond donors (Lipinski definition) is 1. The smallest absolute Gasteiger partial charge is 0.119 e. The predicted octanol–water partition coefficient (Wildman–Crippen LogP) is 2.08. The number of benzene rings is 1. The molecule has 1 aliphatic heterocycles. The summed E-state index contributed by atoms with van der Waals surface area (Å²) in [6.45, 7) is 5.00. The molecule has 1 aromatic carbocycles. The highest BCUT2D eigenvalue weighted by Gasteiger charge is 2.33. The van der Waals surface area contributed by atoms with Crippen LogP contribution in [0.3, 0.4) is 0 Å². The lowest BCUT2D eigenvalue weighted by molar-refractivity contribution is 0.0231. The van der Waals surface area contributed by atoms with Gasteiger partial charge in [-0.1, -0.05) is 12.1 Å². The van der Waals surface area contributed by atoms with Gasteiger partial charge in [0.05, 0.1) is 12.7 Å². The van der Waals surface area contributed by atoms with Crippen LogP contribution in [0.25, 0.3) is 0 Å². The van der Waals surface area contributed by atoms with E-state index in [1.807, 2.05) is 38.1 Å². The zero-order chi connectivity index (χ0) is 11.6. The van der Waals surface area contributed by atoms with Crippen molar-refractivity contribution in [3.8, 4) is 5.75 Å². The van der Waals surface area contributed by atoms with Crippen molar-refractivity contribution in [1.29, 1.82) is 0 Å². The summed E-state index contributed by atoms with van der Waals surface area (Å²) in [5, 5.41) is 10.3. The molecule has 0 bridgehead atoms. The summed E-state index contributed by atoms with van der Waals surface area (Å²) in [4.78, 5) is 0. The van der Waals surface area contributed by atoms with Crippen molar-refractivity contribution in [1.82, 2.24) is 0 Å². The van der Waals surface area contributed by atoms with Crippen LogP contribution in [0.5, 0.6) is 5.75 Å². The Morgan fingerprint density at radius 1 is 1.31 bits per heavy atom. The van der Waals surface area contributed by atoms with Gasteiger partial charge in [0.2, 0.25) is 0 Å². The Kier molecular flexibility index (Phi) is 3.17. The fourth-order valence-electron chi connectivity index (χ4n) is 1.90. The van der Waals surface area contributed by atoms with Gasteiger partial charge in [0, 0.05) is 13.0 Å². The SMILES string of the molecule is CC(C)Oc1ccc(C2(O)CCOC2)cc1. The van der Waals surface area contributed by atoms with Crippen LogP contribution in [0, 0.1) is 0 Å². The van der Waals surface area contributed by atoms with E-state index in [1.165, 1.54) is 0 Å². The van der Waals surface area contributed by atoms with Gasteiger partial charge in [-0.25, -0.2) is 0 Å². The molecule has 88 valence electrons. The second-order valence-electron chi connectivity index (χ2n) is 4.53.